The molecule has 0 aliphatic heterocycles. The third-order valence-electron chi connectivity index (χ3n) is 7.75. The number of unbranched alkanes of at least 4 members (excludes halogenated alkanes) is 27. The first kappa shape index (κ1) is 35.5. The van der Waals surface area contributed by atoms with E-state index in [0.717, 1.165) is 12.8 Å². The number of hydrogen-bond acceptors (Lipinski definition) is 2. The van der Waals surface area contributed by atoms with E-state index in [9.17, 15) is 4.79 Å². The van der Waals surface area contributed by atoms with Crippen molar-refractivity contribution in [2.24, 2.45) is 0 Å². The number of hydrogen-bond donors (Lipinski definition) is 0. The van der Waals surface area contributed by atoms with Crippen LogP contribution >= 0.6 is 0 Å². The van der Waals surface area contributed by atoms with Crippen molar-refractivity contribution in [3.05, 3.63) is 0 Å². The topological polar surface area (TPSA) is 26.3 Å². The van der Waals surface area contributed by atoms with Crippen LogP contribution in [-0.2, 0) is 9.53 Å². The van der Waals surface area contributed by atoms with E-state index in [-0.39, 0.29) is 5.97 Å². The summed E-state index contributed by atoms with van der Waals surface area (Å²) >= 11 is 0. The van der Waals surface area contributed by atoms with Gasteiger partial charge in [0.1, 0.15) is 0 Å². The van der Waals surface area contributed by atoms with Crippen molar-refractivity contribution in [1.29, 1.82) is 0 Å². The first-order valence-electron chi connectivity index (χ1n) is 17.0. The summed E-state index contributed by atoms with van der Waals surface area (Å²) in [6.07, 6.45) is 40.1. The molecule has 0 atom stereocenters. The minimum absolute atomic E-state index is 0.0258. The van der Waals surface area contributed by atoms with Gasteiger partial charge in [-0.2, -0.15) is 0 Å². The van der Waals surface area contributed by atoms with E-state index in [1.807, 2.05) is 0 Å². The van der Waals surface area contributed by atoms with E-state index < -0.39 is 0 Å². The number of carbonyl (C=O) groups is 1. The Bertz CT molecular complexity index is 406. The molecule has 0 bridgehead atoms. The Labute approximate surface area is 228 Å². The molecule has 0 N–H and O–H groups in total. The summed E-state index contributed by atoms with van der Waals surface area (Å²) in [5.41, 5.74) is 0. The van der Waals surface area contributed by atoms with Crippen LogP contribution in [-0.4, -0.2) is 12.6 Å². The Hall–Kier alpha value is -0.530. The van der Waals surface area contributed by atoms with Crippen LogP contribution in [0.3, 0.4) is 0 Å². The molecule has 216 valence electrons. The highest BCUT2D eigenvalue weighted by molar-refractivity contribution is 5.69. The smallest absolute Gasteiger partial charge is 0.305 e. The van der Waals surface area contributed by atoms with Gasteiger partial charge in [0, 0.05) is 6.42 Å². The minimum atomic E-state index is 0.0258. The molecule has 0 amide bonds. The highest BCUT2D eigenvalue weighted by Gasteiger charge is 2.02. The number of esters is 1. The molecular formula is C34H68O2. The maximum absolute atomic E-state index is 11.9. The molecule has 0 aromatic heterocycles. The Morgan fingerprint density at radius 1 is 0.361 bits per heavy atom. The number of rotatable bonds is 31. The second-order valence-electron chi connectivity index (χ2n) is 11.5. The molecule has 36 heavy (non-hydrogen) atoms. The van der Waals surface area contributed by atoms with Crippen LogP contribution in [0.1, 0.15) is 206 Å². The zero-order valence-corrected chi connectivity index (χ0v) is 25.2. The lowest BCUT2D eigenvalue weighted by Gasteiger charge is -2.06. The molecule has 0 aliphatic carbocycles. The highest BCUT2D eigenvalue weighted by Crippen LogP contribution is 2.15. The van der Waals surface area contributed by atoms with Crippen molar-refractivity contribution in [2.45, 2.75) is 206 Å². The minimum Gasteiger partial charge on any atom is -0.466 e. The lowest BCUT2D eigenvalue weighted by atomic mass is 10.0. The van der Waals surface area contributed by atoms with Crippen molar-refractivity contribution < 1.29 is 9.53 Å². The summed E-state index contributed by atoms with van der Waals surface area (Å²) in [5, 5.41) is 0. The van der Waals surface area contributed by atoms with Gasteiger partial charge < -0.3 is 4.74 Å². The molecule has 0 spiro atoms. The second-order valence-corrected chi connectivity index (χ2v) is 11.5. The Morgan fingerprint density at radius 2 is 0.611 bits per heavy atom. The number of ether oxygens (including phenoxy) is 1. The van der Waals surface area contributed by atoms with Crippen molar-refractivity contribution in [3.63, 3.8) is 0 Å². The Morgan fingerprint density at radius 3 is 0.917 bits per heavy atom. The highest BCUT2D eigenvalue weighted by atomic mass is 16.5. The average molecular weight is 509 g/mol. The molecule has 0 radical (unpaired) electrons. The summed E-state index contributed by atoms with van der Waals surface area (Å²) in [6, 6.07) is 0. The molecule has 0 aromatic carbocycles. The van der Waals surface area contributed by atoms with Crippen molar-refractivity contribution in [1.82, 2.24) is 0 Å². The third-order valence-corrected chi connectivity index (χ3v) is 7.75. The zero-order valence-electron chi connectivity index (χ0n) is 25.2. The van der Waals surface area contributed by atoms with Gasteiger partial charge in [-0.15, -0.1) is 0 Å². The van der Waals surface area contributed by atoms with E-state index >= 15 is 0 Å². The van der Waals surface area contributed by atoms with Gasteiger partial charge >= 0.3 is 5.97 Å². The van der Waals surface area contributed by atoms with E-state index in [1.165, 1.54) is 173 Å². The molecule has 0 aliphatic rings. The third kappa shape index (κ3) is 31.5. The molecule has 0 fully saturated rings. The Balaban J connectivity index is 3.13. The molecule has 0 rings (SSSR count). The summed E-state index contributed by atoms with van der Waals surface area (Å²) in [6.45, 7) is 5.20. The molecule has 0 aromatic rings. The van der Waals surface area contributed by atoms with Gasteiger partial charge in [-0.05, 0) is 12.8 Å². The maximum atomic E-state index is 11.9. The molecule has 0 saturated carbocycles. The molecule has 0 unspecified atom stereocenters. The van der Waals surface area contributed by atoms with Gasteiger partial charge in [-0.3, -0.25) is 4.79 Å². The van der Waals surface area contributed by atoms with Gasteiger partial charge in [0.2, 0.25) is 0 Å². The fourth-order valence-electron chi connectivity index (χ4n) is 5.20. The molecule has 0 heterocycles. The standard InChI is InChI=1S/C34H68O2/c1-3-5-7-9-11-13-15-16-17-18-19-20-21-23-25-27-29-31-33-36-34(35)32-30-28-26-24-22-14-12-10-8-6-4-2/h3-33H2,1-2H3. The van der Waals surface area contributed by atoms with Crippen LogP contribution in [0.5, 0.6) is 0 Å². The maximum Gasteiger partial charge on any atom is 0.305 e. The van der Waals surface area contributed by atoms with E-state index in [2.05, 4.69) is 13.8 Å². The molecule has 2 nitrogen and oxygen atoms in total. The predicted octanol–water partition coefficient (Wildman–Crippen LogP) is 12.3. The fourth-order valence-corrected chi connectivity index (χ4v) is 5.20. The second kappa shape index (κ2) is 32.5. The first-order valence-corrected chi connectivity index (χ1v) is 17.0. The van der Waals surface area contributed by atoms with Gasteiger partial charge in [0.15, 0.2) is 0 Å². The van der Waals surface area contributed by atoms with Crippen LogP contribution in [0.15, 0.2) is 0 Å². The van der Waals surface area contributed by atoms with E-state index in [1.54, 1.807) is 0 Å². The summed E-state index contributed by atoms with van der Waals surface area (Å²) < 4.78 is 5.42. The van der Waals surface area contributed by atoms with Crippen LogP contribution in [0, 0.1) is 0 Å². The average Bonchev–Trinajstić information content (AvgIpc) is 2.88. The SMILES string of the molecule is CCCCCCCCCCCCCCCCCCCCOC(=O)CCCCCCCCCCCCC. The summed E-state index contributed by atoms with van der Waals surface area (Å²) in [5.74, 6) is 0.0258. The molecular weight excluding hydrogens is 440 g/mol. The van der Waals surface area contributed by atoms with E-state index in [0.29, 0.717) is 13.0 Å². The predicted molar refractivity (Wildman–Crippen MR) is 161 cm³/mol. The lowest BCUT2D eigenvalue weighted by molar-refractivity contribution is -0.143. The van der Waals surface area contributed by atoms with Crippen molar-refractivity contribution >= 4 is 5.97 Å². The van der Waals surface area contributed by atoms with Crippen LogP contribution < -0.4 is 0 Å². The largest absolute Gasteiger partial charge is 0.466 e. The summed E-state index contributed by atoms with van der Waals surface area (Å²) in [4.78, 5) is 11.9. The van der Waals surface area contributed by atoms with Gasteiger partial charge in [0.05, 0.1) is 6.61 Å². The van der Waals surface area contributed by atoms with E-state index in [4.69, 9.17) is 4.74 Å². The monoisotopic (exact) mass is 509 g/mol. The lowest BCUT2D eigenvalue weighted by Crippen LogP contribution is -2.05. The quantitative estimate of drug-likeness (QED) is 0.0687. The first-order chi connectivity index (χ1) is 17.8. The van der Waals surface area contributed by atoms with Gasteiger partial charge in [0.25, 0.3) is 0 Å². The number of carbonyl (C=O) groups excluding carboxylic acids is 1. The van der Waals surface area contributed by atoms with Crippen molar-refractivity contribution in [2.75, 3.05) is 6.61 Å². The summed E-state index contributed by atoms with van der Waals surface area (Å²) in [7, 11) is 0. The fraction of sp³-hybridized carbons (Fsp3) is 0.971. The zero-order chi connectivity index (χ0) is 26.2. The van der Waals surface area contributed by atoms with Crippen LogP contribution in [0.2, 0.25) is 0 Å². The van der Waals surface area contributed by atoms with Gasteiger partial charge in [-0.25, -0.2) is 0 Å². The van der Waals surface area contributed by atoms with Gasteiger partial charge in [-0.1, -0.05) is 187 Å². The van der Waals surface area contributed by atoms with Crippen molar-refractivity contribution in [3.8, 4) is 0 Å². The Kier molecular flexibility index (Phi) is 32.0. The molecule has 0 saturated heterocycles. The normalized spacial score (nSPS) is 11.3. The van der Waals surface area contributed by atoms with Crippen LogP contribution in [0.4, 0.5) is 0 Å². The van der Waals surface area contributed by atoms with Crippen LogP contribution in [0.25, 0.3) is 0 Å². The molecule has 2 heteroatoms.